The van der Waals surface area contributed by atoms with Gasteiger partial charge in [0.15, 0.2) is 9.84 Å². The van der Waals surface area contributed by atoms with Crippen molar-refractivity contribution in [3.05, 3.63) is 28.2 Å². The van der Waals surface area contributed by atoms with Gasteiger partial charge in [0.1, 0.15) is 12.4 Å². The van der Waals surface area contributed by atoms with Gasteiger partial charge in [-0.25, -0.2) is 8.42 Å². The quantitative estimate of drug-likeness (QED) is 0.856. The first-order valence-corrected chi connectivity index (χ1v) is 8.56. The largest absolute Gasteiger partial charge is 0.492 e. The highest BCUT2D eigenvalue weighted by Crippen LogP contribution is 2.28. The predicted molar refractivity (Wildman–Crippen MR) is 79.2 cm³/mol. The van der Waals surface area contributed by atoms with Gasteiger partial charge in [0.05, 0.1) is 17.1 Å². The molecule has 19 heavy (non-hydrogen) atoms. The van der Waals surface area contributed by atoms with Crippen LogP contribution in [0.25, 0.3) is 0 Å². The first kappa shape index (κ1) is 16.5. The standard InChI is InChI=1S/C13H19BrO4S/c1-9(2)19(16,17)7-6-18-13-8-11(14)4-5-12(13)10(3)15/h4-5,8-10,15H,6-7H2,1-3H3/t10-/m1/s1. The summed E-state index contributed by atoms with van der Waals surface area (Å²) in [5.41, 5.74) is 0.644. The van der Waals surface area contributed by atoms with E-state index >= 15 is 0 Å². The van der Waals surface area contributed by atoms with Crippen LogP contribution in [-0.2, 0) is 9.84 Å². The minimum Gasteiger partial charge on any atom is -0.492 e. The molecule has 0 saturated carbocycles. The number of hydrogen-bond donors (Lipinski definition) is 1. The normalized spacial score (nSPS) is 13.6. The summed E-state index contributed by atoms with van der Waals surface area (Å²) < 4.78 is 29.6. The van der Waals surface area contributed by atoms with Crippen LogP contribution < -0.4 is 4.74 Å². The monoisotopic (exact) mass is 350 g/mol. The Kier molecular flexibility index (Phi) is 5.82. The Morgan fingerprint density at radius 2 is 1.95 bits per heavy atom. The zero-order valence-corrected chi connectivity index (χ0v) is 13.7. The van der Waals surface area contributed by atoms with Gasteiger partial charge >= 0.3 is 0 Å². The SMILES string of the molecule is CC(C)S(=O)(=O)CCOc1cc(Br)ccc1[C@@H](C)O. The first-order valence-electron chi connectivity index (χ1n) is 6.06. The molecule has 1 rings (SSSR count). The Morgan fingerprint density at radius 3 is 2.47 bits per heavy atom. The smallest absolute Gasteiger partial charge is 0.155 e. The van der Waals surface area contributed by atoms with Gasteiger partial charge in [0.25, 0.3) is 0 Å². The third kappa shape index (κ3) is 4.78. The fraction of sp³-hybridized carbons (Fsp3) is 0.538. The minimum absolute atomic E-state index is 0.0313. The molecular weight excluding hydrogens is 332 g/mol. The number of hydrogen-bond acceptors (Lipinski definition) is 4. The van der Waals surface area contributed by atoms with E-state index in [1.165, 1.54) is 0 Å². The summed E-state index contributed by atoms with van der Waals surface area (Å²) in [6, 6.07) is 5.28. The second-order valence-electron chi connectivity index (χ2n) is 4.62. The highest BCUT2D eigenvalue weighted by Gasteiger charge is 2.17. The Bertz CT molecular complexity index is 523. The van der Waals surface area contributed by atoms with E-state index in [4.69, 9.17) is 4.74 Å². The van der Waals surface area contributed by atoms with Crippen LogP contribution in [0, 0.1) is 0 Å². The number of halogens is 1. The van der Waals surface area contributed by atoms with Crippen molar-refractivity contribution in [1.82, 2.24) is 0 Å². The average Bonchev–Trinajstić information content (AvgIpc) is 2.28. The summed E-state index contributed by atoms with van der Waals surface area (Å²) in [5, 5.41) is 9.22. The molecule has 1 aromatic rings. The van der Waals surface area contributed by atoms with E-state index in [0.717, 1.165) is 4.47 Å². The molecule has 0 aliphatic carbocycles. The van der Waals surface area contributed by atoms with Crippen LogP contribution in [0.5, 0.6) is 5.75 Å². The van der Waals surface area contributed by atoms with Gasteiger partial charge in [-0.15, -0.1) is 0 Å². The van der Waals surface area contributed by atoms with Gasteiger partial charge in [-0.3, -0.25) is 0 Å². The molecule has 0 spiro atoms. The van der Waals surface area contributed by atoms with E-state index in [1.54, 1.807) is 39.0 Å². The highest BCUT2D eigenvalue weighted by molar-refractivity contribution is 9.10. The molecule has 0 aliphatic rings. The third-order valence-corrected chi connectivity index (χ3v) is 5.43. The fourth-order valence-electron chi connectivity index (χ4n) is 1.48. The van der Waals surface area contributed by atoms with E-state index < -0.39 is 21.2 Å². The Hall–Kier alpha value is -0.590. The molecule has 0 radical (unpaired) electrons. The van der Waals surface area contributed by atoms with Gasteiger partial charge in [-0.05, 0) is 32.9 Å². The van der Waals surface area contributed by atoms with Crippen LogP contribution in [-0.4, -0.2) is 31.1 Å². The maximum Gasteiger partial charge on any atom is 0.155 e. The van der Waals surface area contributed by atoms with Crippen LogP contribution >= 0.6 is 15.9 Å². The lowest BCUT2D eigenvalue weighted by molar-refractivity contribution is 0.192. The van der Waals surface area contributed by atoms with E-state index in [9.17, 15) is 13.5 Å². The fourth-order valence-corrected chi connectivity index (χ4v) is 2.61. The molecular formula is C13H19BrO4S. The molecule has 0 saturated heterocycles. The molecule has 1 atom stereocenters. The highest BCUT2D eigenvalue weighted by atomic mass is 79.9. The number of ether oxygens (including phenoxy) is 1. The molecule has 0 unspecified atom stereocenters. The van der Waals surface area contributed by atoms with E-state index in [-0.39, 0.29) is 12.4 Å². The summed E-state index contributed by atoms with van der Waals surface area (Å²) in [5.74, 6) is 0.472. The van der Waals surface area contributed by atoms with Crippen molar-refractivity contribution in [2.75, 3.05) is 12.4 Å². The number of aliphatic hydroxyl groups excluding tert-OH is 1. The third-order valence-electron chi connectivity index (χ3n) is 2.77. The molecule has 0 heterocycles. The lowest BCUT2D eigenvalue weighted by Crippen LogP contribution is -2.22. The van der Waals surface area contributed by atoms with Crippen molar-refractivity contribution in [1.29, 1.82) is 0 Å². The molecule has 6 heteroatoms. The molecule has 0 aromatic heterocycles. The van der Waals surface area contributed by atoms with Crippen molar-refractivity contribution in [3.8, 4) is 5.75 Å². The van der Waals surface area contributed by atoms with Crippen molar-refractivity contribution in [3.63, 3.8) is 0 Å². The molecule has 1 aromatic carbocycles. The summed E-state index contributed by atoms with van der Waals surface area (Å²) in [7, 11) is -3.11. The zero-order chi connectivity index (χ0) is 14.6. The summed E-state index contributed by atoms with van der Waals surface area (Å²) in [6.07, 6.45) is -0.662. The number of benzene rings is 1. The van der Waals surface area contributed by atoms with Crippen LogP contribution in [0.2, 0.25) is 0 Å². The molecule has 0 bridgehead atoms. The number of sulfone groups is 1. The average molecular weight is 351 g/mol. The van der Waals surface area contributed by atoms with Crippen molar-refractivity contribution < 1.29 is 18.3 Å². The second kappa shape index (κ2) is 6.72. The maximum absolute atomic E-state index is 11.7. The van der Waals surface area contributed by atoms with Gasteiger partial charge in [-0.1, -0.05) is 22.0 Å². The zero-order valence-electron chi connectivity index (χ0n) is 11.3. The Labute approximate surface area is 122 Å². The van der Waals surface area contributed by atoms with E-state index in [0.29, 0.717) is 11.3 Å². The molecule has 1 N–H and O–H groups in total. The molecule has 108 valence electrons. The van der Waals surface area contributed by atoms with Gasteiger partial charge in [0.2, 0.25) is 0 Å². The van der Waals surface area contributed by atoms with Gasteiger partial charge in [-0.2, -0.15) is 0 Å². The summed E-state index contributed by atoms with van der Waals surface area (Å²) >= 11 is 3.32. The maximum atomic E-state index is 11.7. The van der Waals surface area contributed by atoms with Crippen LogP contribution in [0.15, 0.2) is 22.7 Å². The topological polar surface area (TPSA) is 63.6 Å². The van der Waals surface area contributed by atoms with Gasteiger partial charge in [0, 0.05) is 10.0 Å². The molecule has 4 nitrogen and oxygen atoms in total. The molecule has 0 amide bonds. The van der Waals surface area contributed by atoms with Gasteiger partial charge < -0.3 is 9.84 Å². The lowest BCUT2D eigenvalue weighted by Gasteiger charge is -2.14. The van der Waals surface area contributed by atoms with Crippen molar-refractivity contribution >= 4 is 25.8 Å². The van der Waals surface area contributed by atoms with Crippen molar-refractivity contribution in [2.24, 2.45) is 0 Å². The molecule has 0 aliphatic heterocycles. The van der Waals surface area contributed by atoms with Crippen LogP contribution in [0.1, 0.15) is 32.4 Å². The van der Waals surface area contributed by atoms with E-state index in [2.05, 4.69) is 15.9 Å². The first-order chi connectivity index (χ1) is 8.74. The minimum atomic E-state index is -3.11. The van der Waals surface area contributed by atoms with E-state index in [1.807, 2.05) is 0 Å². The Balaban J connectivity index is 2.75. The summed E-state index contributed by atoms with van der Waals surface area (Å²) in [4.78, 5) is 0. The van der Waals surface area contributed by atoms with Crippen LogP contribution in [0.4, 0.5) is 0 Å². The predicted octanol–water partition coefficient (Wildman–Crippen LogP) is 2.70. The second-order valence-corrected chi connectivity index (χ2v) is 8.21. The number of rotatable bonds is 6. The molecule has 0 fully saturated rings. The Morgan fingerprint density at radius 1 is 1.32 bits per heavy atom. The summed E-state index contributed by atoms with van der Waals surface area (Å²) in [6.45, 7) is 5.02. The van der Waals surface area contributed by atoms with Crippen LogP contribution in [0.3, 0.4) is 0 Å². The van der Waals surface area contributed by atoms with Crippen molar-refractivity contribution in [2.45, 2.75) is 32.1 Å². The number of aliphatic hydroxyl groups is 1. The lowest BCUT2D eigenvalue weighted by atomic mass is 10.1.